The first kappa shape index (κ1) is 23.4. The second-order valence-corrected chi connectivity index (χ2v) is 7.64. The number of thioether (sulfide) groups is 1. The zero-order valence-corrected chi connectivity index (χ0v) is 17.8. The van der Waals surface area contributed by atoms with Crippen molar-refractivity contribution in [1.82, 2.24) is 5.32 Å². The van der Waals surface area contributed by atoms with Crippen molar-refractivity contribution in [2.24, 2.45) is 10.2 Å². The van der Waals surface area contributed by atoms with Gasteiger partial charge >= 0.3 is 11.9 Å². The Morgan fingerprint density at radius 2 is 2.09 bits per heavy atom. The highest BCUT2D eigenvalue weighted by Crippen LogP contribution is 2.29. The fourth-order valence-corrected chi connectivity index (χ4v) is 3.58. The van der Waals surface area contributed by atoms with Crippen LogP contribution in [0.2, 0.25) is 0 Å². The van der Waals surface area contributed by atoms with Crippen LogP contribution in [0.1, 0.15) is 22.3 Å². The smallest absolute Gasteiger partial charge is 0.341 e. The number of hydrogen-bond acceptors (Lipinski definition) is 10. The van der Waals surface area contributed by atoms with E-state index in [1.807, 2.05) is 0 Å². The lowest BCUT2D eigenvalue weighted by Crippen LogP contribution is -2.26. The SMILES string of the molecule is COC(=O)c1cc([N+](=O)[O-])ccc1Oc1cccc(C=NN=C2NC(=O)C(CC(=O)O)S2)c1. The summed E-state index contributed by atoms with van der Waals surface area (Å²) in [6, 6.07) is 10.1. The summed E-state index contributed by atoms with van der Waals surface area (Å²) in [7, 11) is 1.15. The molecule has 1 heterocycles. The maximum atomic E-state index is 12.0. The Balaban J connectivity index is 1.74. The van der Waals surface area contributed by atoms with E-state index < -0.39 is 28.0 Å². The topological polar surface area (TPSA) is 170 Å². The van der Waals surface area contributed by atoms with Crippen LogP contribution in [0.3, 0.4) is 0 Å². The minimum Gasteiger partial charge on any atom is -0.481 e. The normalized spacial score (nSPS) is 16.6. The van der Waals surface area contributed by atoms with Crippen molar-refractivity contribution >= 4 is 46.7 Å². The van der Waals surface area contributed by atoms with Gasteiger partial charge in [0.2, 0.25) is 5.91 Å². The number of esters is 1. The van der Waals surface area contributed by atoms with Gasteiger partial charge < -0.3 is 19.9 Å². The second kappa shape index (κ2) is 10.4. The number of rotatable bonds is 8. The number of nitro groups is 1. The third-order valence-electron chi connectivity index (χ3n) is 4.16. The summed E-state index contributed by atoms with van der Waals surface area (Å²) < 4.78 is 10.4. The molecule has 2 aromatic rings. The number of benzene rings is 2. The summed E-state index contributed by atoms with van der Waals surface area (Å²) >= 11 is 0.975. The third-order valence-corrected chi connectivity index (χ3v) is 5.23. The molecule has 1 saturated heterocycles. The van der Waals surface area contributed by atoms with Crippen molar-refractivity contribution in [1.29, 1.82) is 0 Å². The van der Waals surface area contributed by atoms with Crippen molar-refractivity contribution in [3.63, 3.8) is 0 Å². The standard InChI is InChI=1S/C20H16N4O8S/c1-31-19(28)14-8-12(24(29)30)5-6-15(14)32-13-4-2-3-11(7-13)10-21-23-20-22-18(27)16(33-20)9-17(25)26/h2-8,10,16H,9H2,1H3,(H,25,26)(H,22,23,27). The van der Waals surface area contributed by atoms with Crippen LogP contribution >= 0.6 is 11.8 Å². The van der Waals surface area contributed by atoms with E-state index in [0.717, 1.165) is 24.9 Å². The lowest BCUT2D eigenvalue weighted by atomic mass is 10.1. The highest BCUT2D eigenvalue weighted by atomic mass is 32.2. The van der Waals surface area contributed by atoms with Crippen molar-refractivity contribution in [3.8, 4) is 11.5 Å². The monoisotopic (exact) mass is 472 g/mol. The van der Waals surface area contributed by atoms with Gasteiger partial charge in [0.15, 0.2) is 5.17 Å². The van der Waals surface area contributed by atoms with E-state index >= 15 is 0 Å². The zero-order chi connectivity index (χ0) is 24.0. The lowest BCUT2D eigenvalue weighted by molar-refractivity contribution is -0.384. The average Bonchev–Trinajstić information content (AvgIpc) is 3.11. The maximum Gasteiger partial charge on any atom is 0.341 e. The summed E-state index contributed by atoms with van der Waals surface area (Å²) in [5.41, 5.74) is 0.169. The molecule has 13 heteroatoms. The van der Waals surface area contributed by atoms with Gasteiger partial charge in [-0.25, -0.2) is 4.79 Å². The van der Waals surface area contributed by atoms with Gasteiger partial charge in [0.25, 0.3) is 5.69 Å². The highest BCUT2D eigenvalue weighted by molar-refractivity contribution is 8.15. The summed E-state index contributed by atoms with van der Waals surface area (Å²) in [5, 5.41) is 29.4. The quantitative estimate of drug-likeness (QED) is 0.254. The van der Waals surface area contributed by atoms with Crippen molar-refractivity contribution in [2.75, 3.05) is 7.11 Å². The van der Waals surface area contributed by atoms with Gasteiger partial charge in [0, 0.05) is 12.1 Å². The number of carboxylic acid groups (broad SMARTS) is 1. The van der Waals surface area contributed by atoms with Crippen LogP contribution < -0.4 is 10.1 Å². The molecule has 33 heavy (non-hydrogen) atoms. The molecule has 1 aliphatic heterocycles. The molecule has 170 valence electrons. The van der Waals surface area contributed by atoms with Crippen LogP contribution in [0.25, 0.3) is 0 Å². The van der Waals surface area contributed by atoms with E-state index in [2.05, 4.69) is 20.3 Å². The molecule has 0 spiro atoms. The number of aliphatic carboxylic acids is 1. The Morgan fingerprint density at radius 3 is 2.79 bits per heavy atom. The van der Waals surface area contributed by atoms with Crippen LogP contribution in [-0.2, 0) is 14.3 Å². The number of amides is 1. The molecule has 1 amide bonds. The second-order valence-electron chi connectivity index (χ2n) is 6.45. The summed E-state index contributed by atoms with van der Waals surface area (Å²) in [6.45, 7) is 0. The molecule has 3 rings (SSSR count). The molecule has 12 nitrogen and oxygen atoms in total. The molecular weight excluding hydrogens is 456 g/mol. The number of carbonyl (C=O) groups excluding carboxylic acids is 2. The molecule has 2 aromatic carbocycles. The minimum absolute atomic E-state index is 0.0660. The van der Waals surface area contributed by atoms with Gasteiger partial charge in [-0.15, -0.1) is 5.10 Å². The molecule has 0 bridgehead atoms. The number of hydrogen-bond donors (Lipinski definition) is 2. The number of amidine groups is 1. The van der Waals surface area contributed by atoms with Gasteiger partial charge in [0.1, 0.15) is 22.3 Å². The first-order valence-corrected chi connectivity index (χ1v) is 10.1. The number of ether oxygens (including phenoxy) is 2. The summed E-state index contributed by atoms with van der Waals surface area (Å²) in [5.74, 6) is -1.95. The predicted molar refractivity (Wildman–Crippen MR) is 118 cm³/mol. The van der Waals surface area contributed by atoms with Crippen molar-refractivity contribution in [3.05, 3.63) is 63.7 Å². The van der Waals surface area contributed by atoms with E-state index in [1.165, 1.54) is 18.3 Å². The molecule has 0 aliphatic carbocycles. The number of nitrogens with one attached hydrogen (secondary N) is 1. The first-order chi connectivity index (χ1) is 15.8. The Labute approximate surface area is 190 Å². The van der Waals surface area contributed by atoms with E-state index in [9.17, 15) is 24.5 Å². The average molecular weight is 472 g/mol. The Kier molecular flexibility index (Phi) is 7.35. The molecule has 1 aliphatic rings. The Morgan fingerprint density at radius 1 is 1.30 bits per heavy atom. The number of carboxylic acids is 1. The molecule has 1 unspecified atom stereocenters. The maximum absolute atomic E-state index is 12.0. The number of carbonyl (C=O) groups is 3. The number of nitrogens with zero attached hydrogens (tertiary/aromatic N) is 3. The fraction of sp³-hybridized carbons (Fsp3) is 0.150. The highest BCUT2D eigenvalue weighted by Gasteiger charge is 2.32. The lowest BCUT2D eigenvalue weighted by Gasteiger charge is -2.10. The predicted octanol–water partition coefficient (Wildman–Crippen LogP) is 2.57. The first-order valence-electron chi connectivity index (χ1n) is 9.22. The van der Waals surface area contributed by atoms with Crippen LogP contribution in [0.15, 0.2) is 52.7 Å². The molecule has 0 radical (unpaired) electrons. The van der Waals surface area contributed by atoms with E-state index in [1.54, 1.807) is 24.3 Å². The van der Waals surface area contributed by atoms with Crippen LogP contribution in [0.4, 0.5) is 5.69 Å². The van der Waals surface area contributed by atoms with E-state index in [-0.39, 0.29) is 28.6 Å². The van der Waals surface area contributed by atoms with Gasteiger partial charge in [-0.2, -0.15) is 5.10 Å². The van der Waals surface area contributed by atoms with Crippen LogP contribution in [0.5, 0.6) is 11.5 Å². The van der Waals surface area contributed by atoms with Crippen LogP contribution in [-0.4, -0.2) is 51.6 Å². The number of non-ortho nitro benzene ring substituents is 1. The number of nitro benzene ring substituents is 1. The van der Waals surface area contributed by atoms with Gasteiger partial charge in [-0.3, -0.25) is 19.7 Å². The van der Waals surface area contributed by atoms with Crippen LogP contribution in [0, 0.1) is 10.1 Å². The van der Waals surface area contributed by atoms with E-state index in [0.29, 0.717) is 11.3 Å². The zero-order valence-electron chi connectivity index (χ0n) is 17.0. The van der Waals surface area contributed by atoms with Gasteiger partial charge in [-0.1, -0.05) is 23.9 Å². The van der Waals surface area contributed by atoms with Crippen molar-refractivity contribution < 1.29 is 33.9 Å². The molecule has 1 atom stereocenters. The summed E-state index contributed by atoms with van der Waals surface area (Å²) in [4.78, 5) is 44.8. The summed E-state index contributed by atoms with van der Waals surface area (Å²) in [6.07, 6.45) is 1.06. The molecule has 0 saturated carbocycles. The Hall–Kier alpha value is -4.26. The number of methoxy groups -OCH3 is 1. The molecule has 0 aromatic heterocycles. The van der Waals surface area contributed by atoms with Crippen molar-refractivity contribution in [2.45, 2.75) is 11.7 Å². The molecule has 1 fully saturated rings. The fourth-order valence-electron chi connectivity index (χ4n) is 2.67. The third kappa shape index (κ3) is 6.13. The van der Waals surface area contributed by atoms with Gasteiger partial charge in [-0.05, 0) is 23.8 Å². The Bertz CT molecular complexity index is 1180. The van der Waals surface area contributed by atoms with E-state index in [4.69, 9.17) is 9.84 Å². The molecule has 2 N–H and O–H groups in total. The minimum atomic E-state index is -1.09. The van der Waals surface area contributed by atoms with Gasteiger partial charge in [0.05, 0.1) is 24.7 Å². The largest absolute Gasteiger partial charge is 0.481 e. The molecular formula is C20H16N4O8S.